The van der Waals surface area contributed by atoms with Crippen molar-refractivity contribution in [3.63, 3.8) is 0 Å². The number of carbonyl (C=O) groups is 1. The normalized spacial score (nSPS) is 17.2. The van der Waals surface area contributed by atoms with Crippen LogP contribution in [0, 0.1) is 0 Å². The SMILES string of the molecule is O=C(CN1CCC[C@@H](c2ncn[nH]2)C1)Nc1cccc(Oc2ccccc2)c1. The van der Waals surface area contributed by atoms with Crippen molar-refractivity contribution in [3.8, 4) is 11.5 Å². The Balaban J connectivity index is 1.33. The molecular formula is C21H23N5O2. The first kappa shape index (κ1) is 18.2. The van der Waals surface area contributed by atoms with Crippen molar-refractivity contribution in [2.75, 3.05) is 25.0 Å². The number of anilines is 1. The van der Waals surface area contributed by atoms with E-state index in [9.17, 15) is 4.79 Å². The molecule has 7 nitrogen and oxygen atoms in total. The first-order valence-electron chi connectivity index (χ1n) is 9.47. The number of aromatic nitrogens is 3. The smallest absolute Gasteiger partial charge is 0.238 e. The largest absolute Gasteiger partial charge is 0.457 e. The highest BCUT2D eigenvalue weighted by atomic mass is 16.5. The molecule has 0 aliphatic carbocycles. The third-order valence-corrected chi connectivity index (χ3v) is 4.79. The van der Waals surface area contributed by atoms with Crippen molar-refractivity contribution >= 4 is 11.6 Å². The minimum Gasteiger partial charge on any atom is -0.457 e. The van der Waals surface area contributed by atoms with E-state index in [1.807, 2.05) is 54.6 Å². The Morgan fingerprint density at radius 2 is 2.04 bits per heavy atom. The number of likely N-dealkylation sites (tertiary alicyclic amines) is 1. The maximum absolute atomic E-state index is 12.5. The number of benzene rings is 2. The van der Waals surface area contributed by atoms with Gasteiger partial charge in [-0.25, -0.2) is 4.98 Å². The van der Waals surface area contributed by atoms with Crippen LogP contribution in [0.3, 0.4) is 0 Å². The number of aromatic amines is 1. The van der Waals surface area contributed by atoms with Crippen LogP contribution in [-0.4, -0.2) is 45.6 Å². The fourth-order valence-electron chi connectivity index (χ4n) is 3.50. The third-order valence-electron chi connectivity index (χ3n) is 4.79. The highest BCUT2D eigenvalue weighted by Crippen LogP contribution is 2.25. The summed E-state index contributed by atoms with van der Waals surface area (Å²) in [6, 6.07) is 17.0. The van der Waals surface area contributed by atoms with E-state index in [4.69, 9.17) is 4.74 Å². The number of rotatable bonds is 6. The monoisotopic (exact) mass is 377 g/mol. The van der Waals surface area contributed by atoms with E-state index < -0.39 is 0 Å². The fraction of sp³-hybridized carbons (Fsp3) is 0.286. The molecule has 2 N–H and O–H groups in total. The fourth-order valence-corrected chi connectivity index (χ4v) is 3.50. The van der Waals surface area contributed by atoms with Gasteiger partial charge in [-0.1, -0.05) is 24.3 Å². The van der Waals surface area contributed by atoms with Crippen LogP contribution < -0.4 is 10.1 Å². The number of hydrogen-bond donors (Lipinski definition) is 2. The van der Waals surface area contributed by atoms with E-state index >= 15 is 0 Å². The molecule has 2 heterocycles. The molecule has 1 aliphatic rings. The maximum Gasteiger partial charge on any atom is 0.238 e. The zero-order valence-electron chi connectivity index (χ0n) is 15.5. The molecule has 2 aromatic carbocycles. The van der Waals surface area contributed by atoms with Gasteiger partial charge in [0.25, 0.3) is 0 Å². The number of amides is 1. The third kappa shape index (κ3) is 4.75. The highest BCUT2D eigenvalue weighted by molar-refractivity contribution is 5.92. The van der Waals surface area contributed by atoms with Gasteiger partial charge in [-0.2, -0.15) is 5.10 Å². The van der Waals surface area contributed by atoms with Gasteiger partial charge in [0.05, 0.1) is 6.54 Å². The summed E-state index contributed by atoms with van der Waals surface area (Å²) in [7, 11) is 0. The molecule has 1 fully saturated rings. The number of H-pyrrole nitrogens is 1. The van der Waals surface area contributed by atoms with Crippen LogP contribution in [0.15, 0.2) is 60.9 Å². The molecule has 3 aromatic rings. The second-order valence-electron chi connectivity index (χ2n) is 6.94. The Kier molecular flexibility index (Phi) is 5.63. The van der Waals surface area contributed by atoms with Crippen LogP contribution in [0.2, 0.25) is 0 Å². The Morgan fingerprint density at radius 3 is 2.86 bits per heavy atom. The molecule has 4 rings (SSSR count). The zero-order chi connectivity index (χ0) is 19.2. The second-order valence-corrected chi connectivity index (χ2v) is 6.94. The van der Waals surface area contributed by atoms with Gasteiger partial charge in [-0.3, -0.25) is 14.8 Å². The molecule has 0 bridgehead atoms. The minimum atomic E-state index is -0.0323. The summed E-state index contributed by atoms with van der Waals surface area (Å²) in [5.41, 5.74) is 0.724. The summed E-state index contributed by atoms with van der Waals surface area (Å²) in [6.45, 7) is 2.07. The summed E-state index contributed by atoms with van der Waals surface area (Å²) in [6.07, 6.45) is 3.64. The van der Waals surface area contributed by atoms with E-state index in [-0.39, 0.29) is 5.91 Å². The average molecular weight is 377 g/mol. The van der Waals surface area contributed by atoms with E-state index in [0.717, 1.165) is 43.2 Å². The second kappa shape index (κ2) is 8.67. The number of para-hydroxylation sites is 1. The Bertz CT molecular complexity index is 898. The first-order chi connectivity index (χ1) is 13.8. The number of ether oxygens (including phenoxy) is 1. The highest BCUT2D eigenvalue weighted by Gasteiger charge is 2.24. The lowest BCUT2D eigenvalue weighted by Crippen LogP contribution is -2.40. The van der Waals surface area contributed by atoms with Gasteiger partial charge >= 0.3 is 0 Å². The molecule has 0 spiro atoms. The molecule has 0 unspecified atom stereocenters. The van der Waals surface area contributed by atoms with Gasteiger partial charge in [-0.15, -0.1) is 0 Å². The summed E-state index contributed by atoms with van der Waals surface area (Å²) >= 11 is 0. The molecule has 1 saturated heterocycles. The minimum absolute atomic E-state index is 0.0323. The number of nitrogens with one attached hydrogen (secondary N) is 2. The molecule has 1 aliphatic heterocycles. The molecule has 0 radical (unpaired) electrons. The van der Waals surface area contributed by atoms with Crippen molar-refractivity contribution in [2.45, 2.75) is 18.8 Å². The predicted octanol–water partition coefficient (Wildman–Crippen LogP) is 3.42. The molecular weight excluding hydrogens is 354 g/mol. The van der Waals surface area contributed by atoms with Crippen LogP contribution in [-0.2, 0) is 4.79 Å². The van der Waals surface area contributed by atoms with Gasteiger partial charge < -0.3 is 10.1 Å². The standard InChI is InChI=1S/C21H23N5O2/c27-20(14-26-11-5-6-16(13-26)21-22-15-23-25-21)24-17-7-4-10-19(12-17)28-18-8-2-1-3-9-18/h1-4,7-10,12,15-16H,5-6,11,13-14H2,(H,24,27)(H,22,23,25)/t16-/m1/s1. The van der Waals surface area contributed by atoms with Crippen LogP contribution in [0.5, 0.6) is 11.5 Å². The number of hydrogen-bond acceptors (Lipinski definition) is 5. The van der Waals surface area contributed by atoms with Crippen molar-refractivity contribution in [1.29, 1.82) is 0 Å². The summed E-state index contributed by atoms with van der Waals surface area (Å²) < 4.78 is 5.83. The first-order valence-corrected chi connectivity index (χ1v) is 9.47. The van der Waals surface area contributed by atoms with Crippen LogP contribution in [0.4, 0.5) is 5.69 Å². The van der Waals surface area contributed by atoms with Crippen molar-refractivity contribution < 1.29 is 9.53 Å². The molecule has 1 amide bonds. The van der Waals surface area contributed by atoms with E-state index in [2.05, 4.69) is 25.4 Å². The van der Waals surface area contributed by atoms with Crippen molar-refractivity contribution in [1.82, 2.24) is 20.1 Å². The zero-order valence-corrected chi connectivity index (χ0v) is 15.5. The van der Waals surface area contributed by atoms with Gasteiger partial charge in [0.1, 0.15) is 23.7 Å². The summed E-state index contributed by atoms with van der Waals surface area (Å²) in [5, 5.41) is 9.84. The van der Waals surface area contributed by atoms with E-state index in [1.54, 1.807) is 0 Å². The average Bonchev–Trinajstić information content (AvgIpc) is 3.24. The van der Waals surface area contributed by atoms with Crippen LogP contribution in [0.1, 0.15) is 24.6 Å². The molecule has 1 atom stereocenters. The lowest BCUT2D eigenvalue weighted by molar-refractivity contribution is -0.117. The molecule has 28 heavy (non-hydrogen) atoms. The number of nitrogens with zero attached hydrogens (tertiary/aromatic N) is 3. The molecule has 1 aromatic heterocycles. The van der Waals surface area contributed by atoms with Crippen molar-refractivity contribution in [3.05, 3.63) is 66.7 Å². The number of carbonyl (C=O) groups excluding carboxylic acids is 1. The Morgan fingerprint density at radius 1 is 1.18 bits per heavy atom. The predicted molar refractivity (Wildman–Crippen MR) is 106 cm³/mol. The molecule has 0 saturated carbocycles. The number of piperidine rings is 1. The van der Waals surface area contributed by atoms with Gasteiger partial charge in [0.15, 0.2) is 0 Å². The summed E-state index contributed by atoms with van der Waals surface area (Å²) in [5.74, 6) is 2.61. The quantitative estimate of drug-likeness (QED) is 0.688. The topological polar surface area (TPSA) is 83.1 Å². The van der Waals surface area contributed by atoms with E-state index in [1.165, 1.54) is 6.33 Å². The van der Waals surface area contributed by atoms with Crippen molar-refractivity contribution in [2.24, 2.45) is 0 Å². The lowest BCUT2D eigenvalue weighted by Gasteiger charge is -2.31. The van der Waals surface area contributed by atoms with Gasteiger partial charge in [-0.05, 0) is 43.7 Å². The van der Waals surface area contributed by atoms with Gasteiger partial charge in [0.2, 0.25) is 5.91 Å². The van der Waals surface area contributed by atoms with Gasteiger partial charge in [0, 0.05) is 24.2 Å². The Labute approximate surface area is 163 Å². The van der Waals surface area contributed by atoms with E-state index in [0.29, 0.717) is 18.2 Å². The maximum atomic E-state index is 12.5. The summed E-state index contributed by atoms with van der Waals surface area (Å²) in [4.78, 5) is 18.9. The molecule has 144 valence electrons. The van der Waals surface area contributed by atoms with Crippen LogP contribution >= 0.6 is 0 Å². The van der Waals surface area contributed by atoms with Crippen LogP contribution in [0.25, 0.3) is 0 Å². The molecule has 7 heteroatoms. The Hall–Kier alpha value is -3.19. The lowest BCUT2D eigenvalue weighted by atomic mass is 9.97.